The molecule has 0 unspecified atom stereocenters. The zero-order valence-corrected chi connectivity index (χ0v) is 18.0. The van der Waals surface area contributed by atoms with Crippen molar-refractivity contribution in [3.8, 4) is 28.7 Å². The first-order valence-electron chi connectivity index (χ1n) is 9.08. The Kier molecular flexibility index (Phi) is 6.47. The lowest BCUT2D eigenvalue weighted by Gasteiger charge is -2.21. The minimum absolute atomic E-state index is 0.166. The van der Waals surface area contributed by atoms with E-state index in [0.29, 0.717) is 16.5 Å². The summed E-state index contributed by atoms with van der Waals surface area (Å²) in [5.41, 5.74) is 3.41. The van der Waals surface area contributed by atoms with Crippen molar-refractivity contribution in [3.63, 3.8) is 0 Å². The van der Waals surface area contributed by atoms with Gasteiger partial charge in [-0.3, -0.25) is 4.55 Å². The highest BCUT2D eigenvalue weighted by Crippen LogP contribution is 2.21. The number of hydrogen-bond acceptors (Lipinski definition) is 4. The van der Waals surface area contributed by atoms with E-state index in [-0.39, 0.29) is 6.61 Å². The second-order valence-corrected chi connectivity index (χ2v) is 9.73. The summed E-state index contributed by atoms with van der Waals surface area (Å²) in [5, 5.41) is 0.688. The molecular weight excluding hydrogens is 422 g/mol. The van der Waals surface area contributed by atoms with Gasteiger partial charge in [-0.05, 0) is 67.8 Å². The van der Waals surface area contributed by atoms with E-state index >= 15 is 0 Å². The van der Waals surface area contributed by atoms with Gasteiger partial charge in [-0.1, -0.05) is 35.7 Å². The van der Waals surface area contributed by atoms with Gasteiger partial charge in [-0.25, -0.2) is 4.98 Å². The Hall–Kier alpha value is -2.85. The van der Waals surface area contributed by atoms with Crippen LogP contribution in [-0.2, 0) is 10.1 Å². The zero-order valence-electron chi connectivity index (χ0n) is 16.5. The third-order valence-electron chi connectivity index (χ3n) is 4.42. The topological polar surface area (TPSA) is 76.5 Å². The van der Waals surface area contributed by atoms with Crippen molar-refractivity contribution in [2.45, 2.75) is 18.6 Å². The highest BCUT2D eigenvalue weighted by molar-refractivity contribution is 7.87. The Balaban J connectivity index is 1.64. The van der Waals surface area contributed by atoms with Crippen molar-refractivity contribution in [1.29, 1.82) is 0 Å². The van der Waals surface area contributed by atoms with E-state index in [1.807, 2.05) is 36.4 Å². The van der Waals surface area contributed by atoms with Crippen LogP contribution in [0.15, 0.2) is 66.9 Å². The van der Waals surface area contributed by atoms with Crippen molar-refractivity contribution >= 4 is 21.7 Å². The number of aromatic nitrogens is 1. The Morgan fingerprint density at radius 1 is 0.967 bits per heavy atom. The first-order valence-corrected chi connectivity index (χ1v) is 10.9. The van der Waals surface area contributed by atoms with E-state index in [4.69, 9.17) is 16.3 Å². The molecule has 0 bridgehead atoms. The molecule has 0 radical (unpaired) electrons. The first kappa shape index (κ1) is 21.8. The molecule has 0 saturated heterocycles. The molecule has 0 saturated carbocycles. The molecular formula is C23H20ClNO4S. The predicted octanol–water partition coefficient (Wildman–Crippen LogP) is 4.85. The molecule has 0 fully saturated rings. The molecule has 0 amide bonds. The lowest BCUT2D eigenvalue weighted by atomic mass is 10.1. The SMILES string of the molecule is CC(C)(COc1ccc(C#Cc2ccc(-c3ccc(Cl)cc3)cn2)cc1)S(=O)(=O)O. The second-order valence-electron chi connectivity index (χ2n) is 7.24. The Bertz CT molecular complexity index is 1180. The number of ether oxygens (including phenoxy) is 1. The van der Waals surface area contributed by atoms with Crippen molar-refractivity contribution in [1.82, 2.24) is 4.98 Å². The Morgan fingerprint density at radius 3 is 2.17 bits per heavy atom. The third-order valence-corrected chi connectivity index (χ3v) is 6.18. The van der Waals surface area contributed by atoms with E-state index in [1.165, 1.54) is 13.8 Å². The molecule has 2 aromatic carbocycles. The minimum Gasteiger partial charge on any atom is -0.492 e. The summed E-state index contributed by atoms with van der Waals surface area (Å²) in [6.07, 6.45) is 1.77. The second kappa shape index (κ2) is 8.88. The predicted molar refractivity (Wildman–Crippen MR) is 118 cm³/mol. The Morgan fingerprint density at radius 2 is 1.60 bits per heavy atom. The van der Waals surface area contributed by atoms with Crippen molar-refractivity contribution in [3.05, 3.63) is 83.1 Å². The number of rotatable bonds is 5. The maximum atomic E-state index is 11.3. The van der Waals surface area contributed by atoms with E-state index in [0.717, 1.165) is 16.7 Å². The minimum atomic E-state index is -4.20. The molecule has 3 rings (SSSR count). The van der Waals surface area contributed by atoms with Gasteiger partial charge in [0.05, 0.1) is 0 Å². The number of hydrogen-bond donors (Lipinski definition) is 1. The molecule has 0 aliphatic heterocycles. The number of benzene rings is 2. The molecule has 30 heavy (non-hydrogen) atoms. The quantitative estimate of drug-likeness (QED) is 0.452. The van der Waals surface area contributed by atoms with E-state index in [9.17, 15) is 13.0 Å². The molecule has 5 nitrogen and oxygen atoms in total. The fourth-order valence-electron chi connectivity index (χ4n) is 2.38. The van der Waals surface area contributed by atoms with Gasteiger partial charge in [0.25, 0.3) is 10.1 Å². The van der Waals surface area contributed by atoms with Crippen LogP contribution in [0.25, 0.3) is 11.1 Å². The van der Waals surface area contributed by atoms with Gasteiger partial charge in [0, 0.05) is 22.3 Å². The standard InChI is InChI=1S/C23H20ClNO4S/c1-23(2,30(26,27)28)16-29-22-13-4-17(5-14-22)3-11-21-12-8-19(15-25-21)18-6-9-20(24)10-7-18/h4-10,12-15H,16H2,1-2H3,(H,26,27,28). The largest absolute Gasteiger partial charge is 0.492 e. The van der Waals surface area contributed by atoms with Crippen LogP contribution < -0.4 is 4.74 Å². The molecule has 0 aliphatic rings. The van der Waals surface area contributed by atoms with Crippen LogP contribution in [0.3, 0.4) is 0 Å². The van der Waals surface area contributed by atoms with Crippen LogP contribution in [-0.4, -0.2) is 29.3 Å². The van der Waals surface area contributed by atoms with Crippen molar-refractivity contribution in [2.75, 3.05) is 6.61 Å². The highest BCUT2D eigenvalue weighted by Gasteiger charge is 2.33. The molecule has 0 spiro atoms. The summed E-state index contributed by atoms with van der Waals surface area (Å²) >= 11 is 5.91. The summed E-state index contributed by atoms with van der Waals surface area (Å²) in [7, 11) is -4.20. The van der Waals surface area contributed by atoms with Crippen LogP contribution >= 0.6 is 11.6 Å². The Labute approximate surface area is 181 Å². The third kappa shape index (κ3) is 5.61. The van der Waals surface area contributed by atoms with Gasteiger partial charge in [0.2, 0.25) is 0 Å². The first-order chi connectivity index (χ1) is 14.1. The number of nitrogens with zero attached hydrogens (tertiary/aromatic N) is 1. The molecule has 0 aliphatic carbocycles. The summed E-state index contributed by atoms with van der Waals surface area (Å²) in [4.78, 5) is 4.38. The van der Waals surface area contributed by atoms with Crippen LogP contribution in [0.5, 0.6) is 5.75 Å². The summed E-state index contributed by atoms with van der Waals surface area (Å²) in [6.45, 7) is 2.63. The van der Waals surface area contributed by atoms with E-state index in [1.54, 1.807) is 30.5 Å². The van der Waals surface area contributed by atoms with Gasteiger partial charge < -0.3 is 4.74 Å². The molecule has 154 valence electrons. The average molecular weight is 442 g/mol. The van der Waals surface area contributed by atoms with Crippen molar-refractivity contribution < 1.29 is 17.7 Å². The van der Waals surface area contributed by atoms with Gasteiger partial charge >= 0.3 is 0 Å². The maximum absolute atomic E-state index is 11.3. The molecule has 1 aromatic heterocycles. The van der Waals surface area contributed by atoms with Gasteiger partial charge in [0.15, 0.2) is 0 Å². The monoisotopic (exact) mass is 441 g/mol. The summed E-state index contributed by atoms with van der Waals surface area (Å²) < 4.78 is 35.9. The number of halogens is 1. The average Bonchev–Trinajstić information content (AvgIpc) is 2.72. The summed E-state index contributed by atoms with van der Waals surface area (Å²) in [5.74, 6) is 6.53. The van der Waals surface area contributed by atoms with Crippen molar-refractivity contribution in [2.24, 2.45) is 0 Å². The van der Waals surface area contributed by atoms with Crippen LogP contribution in [0.4, 0.5) is 0 Å². The molecule has 7 heteroatoms. The highest BCUT2D eigenvalue weighted by atomic mass is 35.5. The van der Waals surface area contributed by atoms with Gasteiger partial charge in [-0.2, -0.15) is 8.42 Å². The smallest absolute Gasteiger partial charge is 0.273 e. The molecule has 1 heterocycles. The van der Waals surface area contributed by atoms with Crippen LogP contribution in [0, 0.1) is 11.8 Å². The van der Waals surface area contributed by atoms with E-state index < -0.39 is 14.9 Å². The van der Waals surface area contributed by atoms with Gasteiger partial charge in [0.1, 0.15) is 22.8 Å². The maximum Gasteiger partial charge on any atom is 0.273 e. The van der Waals surface area contributed by atoms with Crippen LogP contribution in [0.1, 0.15) is 25.1 Å². The molecule has 1 N–H and O–H groups in total. The lowest BCUT2D eigenvalue weighted by molar-refractivity contribution is 0.271. The van der Waals surface area contributed by atoms with Gasteiger partial charge in [-0.15, -0.1) is 0 Å². The molecule has 3 aromatic rings. The summed E-state index contributed by atoms with van der Waals surface area (Å²) in [6, 6.07) is 18.3. The zero-order chi connectivity index (χ0) is 21.8. The normalized spacial score (nSPS) is 11.5. The molecule has 0 atom stereocenters. The van der Waals surface area contributed by atoms with Crippen LogP contribution in [0.2, 0.25) is 5.02 Å². The lowest BCUT2D eigenvalue weighted by Crippen LogP contribution is -2.37. The fourth-order valence-corrected chi connectivity index (χ4v) is 2.72. The fraction of sp³-hybridized carbons (Fsp3) is 0.174. The van der Waals surface area contributed by atoms with E-state index in [2.05, 4.69) is 16.8 Å². The number of pyridine rings is 1.